The van der Waals surface area contributed by atoms with Crippen molar-refractivity contribution in [3.63, 3.8) is 0 Å². The van der Waals surface area contributed by atoms with E-state index in [1.54, 1.807) is 6.07 Å². The number of morpholine rings is 1. The lowest BCUT2D eigenvalue weighted by Gasteiger charge is -2.29. The molecule has 1 fully saturated rings. The summed E-state index contributed by atoms with van der Waals surface area (Å²) in [4.78, 5) is 18.4. The first-order valence-corrected chi connectivity index (χ1v) is 9.06. The maximum Gasteiger partial charge on any atom is 0.418 e. The van der Waals surface area contributed by atoms with Crippen molar-refractivity contribution in [2.24, 2.45) is 0 Å². The van der Waals surface area contributed by atoms with Crippen molar-refractivity contribution >= 4 is 34.5 Å². The zero-order valence-corrected chi connectivity index (χ0v) is 15.7. The summed E-state index contributed by atoms with van der Waals surface area (Å²) in [5.41, 5.74) is -0.701. The molecule has 3 heterocycles. The SMILES string of the molecule is O=C(Nc1ccc(N2CCOCC2)cc1C(F)(F)F)c1cnn2ccc(Cl)nc12. The number of halogens is 4. The van der Waals surface area contributed by atoms with Crippen LogP contribution in [0.25, 0.3) is 5.65 Å². The molecule has 152 valence electrons. The highest BCUT2D eigenvalue weighted by Crippen LogP contribution is 2.37. The highest BCUT2D eigenvalue weighted by atomic mass is 35.5. The number of rotatable bonds is 3. The van der Waals surface area contributed by atoms with Crippen LogP contribution in [0.3, 0.4) is 0 Å². The second kappa shape index (κ2) is 7.53. The lowest BCUT2D eigenvalue weighted by atomic mass is 10.1. The van der Waals surface area contributed by atoms with E-state index in [-0.39, 0.29) is 22.1 Å². The zero-order chi connectivity index (χ0) is 20.6. The average Bonchev–Trinajstić information content (AvgIpc) is 3.11. The van der Waals surface area contributed by atoms with Gasteiger partial charge in [-0.2, -0.15) is 18.3 Å². The number of hydrogen-bond donors (Lipinski definition) is 1. The number of anilines is 2. The number of ether oxygens (including phenoxy) is 1. The van der Waals surface area contributed by atoms with Crippen LogP contribution in [0.5, 0.6) is 0 Å². The second-order valence-corrected chi connectivity index (χ2v) is 6.75. The molecule has 1 N–H and O–H groups in total. The average molecular weight is 426 g/mol. The molecule has 0 bridgehead atoms. The Balaban J connectivity index is 1.66. The summed E-state index contributed by atoms with van der Waals surface area (Å²) >= 11 is 5.84. The van der Waals surface area contributed by atoms with Crippen LogP contribution in [-0.4, -0.2) is 46.8 Å². The van der Waals surface area contributed by atoms with Crippen molar-refractivity contribution in [1.29, 1.82) is 0 Å². The number of alkyl halides is 3. The Hall–Kier alpha value is -2.85. The number of amides is 1. The van der Waals surface area contributed by atoms with Gasteiger partial charge in [0.25, 0.3) is 5.91 Å². The summed E-state index contributed by atoms with van der Waals surface area (Å²) in [5, 5.41) is 6.42. The molecule has 1 saturated heterocycles. The van der Waals surface area contributed by atoms with Gasteiger partial charge in [0.2, 0.25) is 0 Å². The normalized spacial score (nSPS) is 15.0. The number of benzene rings is 1. The quantitative estimate of drug-likeness (QED) is 0.650. The van der Waals surface area contributed by atoms with E-state index >= 15 is 0 Å². The molecule has 0 aliphatic carbocycles. The molecule has 29 heavy (non-hydrogen) atoms. The lowest BCUT2D eigenvalue weighted by molar-refractivity contribution is -0.136. The summed E-state index contributed by atoms with van der Waals surface area (Å²) in [6.07, 6.45) is -1.92. The van der Waals surface area contributed by atoms with Crippen LogP contribution in [0.1, 0.15) is 15.9 Å². The highest BCUT2D eigenvalue weighted by molar-refractivity contribution is 6.29. The van der Waals surface area contributed by atoms with Crippen LogP contribution in [0.15, 0.2) is 36.7 Å². The number of carbonyl (C=O) groups is 1. The van der Waals surface area contributed by atoms with E-state index in [0.717, 1.165) is 6.07 Å². The molecule has 7 nitrogen and oxygen atoms in total. The Morgan fingerprint density at radius 2 is 1.97 bits per heavy atom. The van der Waals surface area contributed by atoms with E-state index in [0.29, 0.717) is 32.0 Å². The standard InChI is InChI=1S/C18H15ClF3N5O2/c19-15-3-4-27-16(25-15)12(10-23-27)17(28)24-14-2-1-11(9-13(14)18(20,21)22)26-5-7-29-8-6-26/h1-4,9-10H,5-8H2,(H,24,28). The van der Waals surface area contributed by atoms with Crippen LogP contribution in [0.4, 0.5) is 24.5 Å². The summed E-state index contributed by atoms with van der Waals surface area (Å²) in [7, 11) is 0. The van der Waals surface area contributed by atoms with Gasteiger partial charge in [-0.3, -0.25) is 4.79 Å². The molecule has 0 atom stereocenters. The van der Waals surface area contributed by atoms with Crippen molar-refractivity contribution in [3.05, 3.63) is 52.9 Å². The molecule has 11 heteroatoms. The fourth-order valence-electron chi connectivity index (χ4n) is 3.09. The van der Waals surface area contributed by atoms with Gasteiger partial charge in [-0.15, -0.1) is 0 Å². The molecule has 0 radical (unpaired) electrons. The minimum absolute atomic E-state index is 0.0119. The fraction of sp³-hybridized carbons (Fsp3) is 0.278. The Labute approximate surface area is 168 Å². The molecule has 0 unspecified atom stereocenters. The van der Waals surface area contributed by atoms with Crippen molar-refractivity contribution in [2.75, 3.05) is 36.5 Å². The monoisotopic (exact) mass is 425 g/mol. The van der Waals surface area contributed by atoms with Crippen molar-refractivity contribution in [1.82, 2.24) is 14.6 Å². The predicted octanol–water partition coefficient (Wildman–Crippen LogP) is 3.49. The number of fused-ring (bicyclic) bond motifs is 1. The molecular formula is C18H15ClF3N5O2. The van der Waals surface area contributed by atoms with Crippen LogP contribution >= 0.6 is 11.6 Å². The number of carbonyl (C=O) groups excluding carboxylic acids is 1. The van der Waals surface area contributed by atoms with Crippen LogP contribution in [0, 0.1) is 0 Å². The van der Waals surface area contributed by atoms with Gasteiger partial charge in [-0.05, 0) is 24.3 Å². The molecule has 1 amide bonds. The Bertz CT molecular complexity index is 1060. The van der Waals surface area contributed by atoms with Gasteiger partial charge in [0.05, 0.1) is 30.7 Å². The smallest absolute Gasteiger partial charge is 0.378 e. The molecule has 0 spiro atoms. The number of nitrogens with zero attached hydrogens (tertiary/aromatic N) is 4. The van der Waals surface area contributed by atoms with Crippen LogP contribution < -0.4 is 10.2 Å². The zero-order valence-electron chi connectivity index (χ0n) is 14.9. The van der Waals surface area contributed by atoms with Gasteiger partial charge in [0, 0.05) is 25.0 Å². The van der Waals surface area contributed by atoms with Gasteiger partial charge >= 0.3 is 6.18 Å². The molecule has 0 saturated carbocycles. The molecule has 1 aliphatic rings. The Kier molecular flexibility index (Phi) is 5.05. The first kappa shape index (κ1) is 19.5. The molecule has 4 rings (SSSR count). The molecule has 1 aliphatic heterocycles. The van der Waals surface area contributed by atoms with Crippen molar-refractivity contribution in [3.8, 4) is 0 Å². The highest BCUT2D eigenvalue weighted by Gasteiger charge is 2.35. The third-order valence-electron chi connectivity index (χ3n) is 4.51. The van der Waals surface area contributed by atoms with E-state index in [9.17, 15) is 18.0 Å². The summed E-state index contributed by atoms with van der Waals surface area (Å²) in [6.45, 7) is 1.89. The number of hydrogen-bond acceptors (Lipinski definition) is 5. The predicted molar refractivity (Wildman–Crippen MR) is 100 cm³/mol. The minimum atomic E-state index is -4.65. The second-order valence-electron chi connectivity index (χ2n) is 6.36. The number of aromatic nitrogens is 3. The fourth-order valence-corrected chi connectivity index (χ4v) is 3.23. The molecular weight excluding hydrogens is 411 g/mol. The van der Waals surface area contributed by atoms with Gasteiger partial charge in [0.15, 0.2) is 5.65 Å². The van der Waals surface area contributed by atoms with E-state index in [4.69, 9.17) is 16.3 Å². The number of nitrogens with one attached hydrogen (secondary N) is 1. The summed E-state index contributed by atoms with van der Waals surface area (Å²) in [5.74, 6) is -0.764. The Morgan fingerprint density at radius 3 is 2.69 bits per heavy atom. The maximum atomic E-state index is 13.7. The first-order chi connectivity index (χ1) is 13.8. The van der Waals surface area contributed by atoms with E-state index < -0.39 is 17.6 Å². The van der Waals surface area contributed by atoms with Gasteiger partial charge < -0.3 is 15.0 Å². The first-order valence-electron chi connectivity index (χ1n) is 8.68. The Morgan fingerprint density at radius 1 is 1.21 bits per heavy atom. The van der Waals surface area contributed by atoms with E-state index in [2.05, 4.69) is 15.4 Å². The van der Waals surface area contributed by atoms with Gasteiger partial charge in [-0.1, -0.05) is 11.6 Å². The van der Waals surface area contributed by atoms with E-state index in [1.165, 1.54) is 29.0 Å². The summed E-state index contributed by atoms with van der Waals surface area (Å²) < 4.78 is 47.5. The van der Waals surface area contributed by atoms with E-state index in [1.807, 2.05) is 4.90 Å². The molecule has 1 aromatic carbocycles. The third-order valence-corrected chi connectivity index (χ3v) is 4.72. The van der Waals surface area contributed by atoms with Crippen LogP contribution in [-0.2, 0) is 10.9 Å². The van der Waals surface area contributed by atoms with Gasteiger partial charge in [0.1, 0.15) is 10.7 Å². The maximum absolute atomic E-state index is 13.7. The molecule has 3 aromatic rings. The molecule has 2 aromatic heterocycles. The van der Waals surface area contributed by atoms with Crippen LogP contribution in [0.2, 0.25) is 5.15 Å². The third kappa shape index (κ3) is 3.99. The van der Waals surface area contributed by atoms with Crippen molar-refractivity contribution < 1.29 is 22.7 Å². The minimum Gasteiger partial charge on any atom is -0.378 e. The lowest BCUT2D eigenvalue weighted by Crippen LogP contribution is -2.36. The van der Waals surface area contributed by atoms with Crippen molar-refractivity contribution in [2.45, 2.75) is 6.18 Å². The van der Waals surface area contributed by atoms with Gasteiger partial charge in [-0.25, -0.2) is 9.50 Å². The summed E-state index contributed by atoms with van der Waals surface area (Å²) in [6, 6.07) is 5.31. The topological polar surface area (TPSA) is 71.8 Å². The largest absolute Gasteiger partial charge is 0.418 e.